The van der Waals surface area contributed by atoms with Gasteiger partial charge in [0.1, 0.15) is 5.82 Å². The maximum absolute atomic E-state index is 13.6. The van der Waals surface area contributed by atoms with Gasteiger partial charge in [-0.3, -0.25) is 0 Å². The highest BCUT2D eigenvalue weighted by molar-refractivity contribution is 6.36. The van der Waals surface area contributed by atoms with E-state index in [1.165, 1.54) is 17.7 Å². The first kappa shape index (κ1) is 15.1. The van der Waals surface area contributed by atoms with Gasteiger partial charge in [0, 0.05) is 16.3 Å². The summed E-state index contributed by atoms with van der Waals surface area (Å²) in [5.41, 5.74) is 2.78. The largest absolute Gasteiger partial charge is 0.378 e. The third-order valence-corrected chi connectivity index (χ3v) is 3.94. The quantitative estimate of drug-likeness (QED) is 0.696. The number of nitrogens with one attached hydrogen (secondary N) is 1. The van der Waals surface area contributed by atoms with E-state index in [-0.39, 0.29) is 11.1 Å². The molecule has 0 aliphatic heterocycles. The van der Waals surface area contributed by atoms with Crippen LogP contribution in [-0.4, -0.2) is 0 Å². The molecule has 0 radical (unpaired) electrons. The summed E-state index contributed by atoms with van der Waals surface area (Å²) >= 11 is 12.1. The summed E-state index contributed by atoms with van der Waals surface area (Å²) in [6, 6.07) is 10.7. The highest BCUT2D eigenvalue weighted by Crippen LogP contribution is 2.34. The Morgan fingerprint density at radius 2 is 1.95 bits per heavy atom. The van der Waals surface area contributed by atoms with Crippen LogP contribution in [0.15, 0.2) is 36.4 Å². The standard InChI is InChI=1S/C16H16Cl2FN/c1-3-11-5-4-6-12(9-11)20-10(2)15-13(17)7-8-14(19)16(15)18/h4-10,20H,3H2,1-2H3. The van der Waals surface area contributed by atoms with E-state index < -0.39 is 5.82 Å². The van der Waals surface area contributed by atoms with E-state index >= 15 is 0 Å². The molecule has 0 spiro atoms. The van der Waals surface area contributed by atoms with Gasteiger partial charge < -0.3 is 5.32 Å². The number of hydrogen-bond acceptors (Lipinski definition) is 1. The molecule has 4 heteroatoms. The predicted molar refractivity (Wildman–Crippen MR) is 84.3 cm³/mol. The summed E-state index contributed by atoms with van der Waals surface area (Å²) in [7, 11) is 0. The van der Waals surface area contributed by atoms with Crippen molar-refractivity contribution in [3.8, 4) is 0 Å². The Labute approximate surface area is 128 Å². The second-order valence-corrected chi connectivity index (χ2v) is 5.46. The molecule has 20 heavy (non-hydrogen) atoms. The van der Waals surface area contributed by atoms with Crippen LogP contribution in [0.3, 0.4) is 0 Å². The van der Waals surface area contributed by atoms with Gasteiger partial charge in [0.2, 0.25) is 0 Å². The van der Waals surface area contributed by atoms with Crippen molar-refractivity contribution >= 4 is 28.9 Å². The first-order valence-electron chi connectivity index (χ1n) is 6.51. The van der Waals surface area contributed by atoms with Crippen LogP contribution in [-0.2, 0) is 6.42 Å². The summed E-state index contributed by atoms with van der Waals surface area (Å²) in [6.07, 6.45) is 0.964. The van der Waals surface area contributed by atoms with Crippen LogP contribution in [0.1, 0.15) is 31.0 Å². The van der Waals surface area contributed by atoms with E-state index in [2.05, 4.69) is 24.4 Å². The molecule has 106 valence electrons. The van der Waals surface area contributed by atoms with E-state index in [1.807, 2.05) is 19.1 Å². The predicted octanol–water partition coefficient (Wildman–Crippen LogP) is 5.87. The minimum atomic E-state index is -0.456. The Kier molecular flexibility index (Phi) is 4.90. The third-order valence-electron chi connectivity index (χ3n) is 3.23. The van der Waals surface area contributed by atoms with Crippen molar-refractivity contribution in [1.82, 2.24) is 0 Å². The molecule has 0 heterocycles. The molecular weight excluding hydrogens is 296 g/mol. The second kappa shape index (κ2) is 6.47. The highest BCUT2D eigenvalue weighted by atomic mass is 35.5. The molecule has 0 saturated heterocycles. The Morgan fingerprint density at radius 3 is 2.65 bits per heavy atom. The molecule has 0 fully saturated rings. The third kappa shape index (κ3) is 3.25. The van der Waals surface area contributed by atoms with Crippen LogP contribution >= 0.6 is 23.2 Å². The number of anilines is 1. The zero-order valence-electron chi connectivity index (χ0n) is 11.4. The topological polar surface area (TPSA) is 12.0 Å². The van der Waals surface area contributed by atoms with Crippen LogP contribution in [0.2, 0.25) is 10.0 Å². The summed E-state index contributed by atoms with van der Waals surface area (Å²) in [5.74, 6) is -0.456. The van der Waals surface area contributed by atoms with Gasteiger partial charge in [0.05, 0.1) is 11.1 Å². The lowest BCUT2D eigenvalue weighted by Crippen LogP contribution is -2.09. The fourth-order valence-corrected chi connectivity index (χ4v) is 2.84. The van der Waals surface area contributed by atoms with Crippen LogP contribution < -0.4 is 5.32 Å². The van der Waals surface area contributed by atoms with Gasteiger partial charge in [-0.15, -0.1) is 0 Å². The normalized spacial score (nSPS) is 12.2. The SMILES string of the molecule is CCc1cccc(NC(C)c2c(Cl)ccc(F)c2Cl)c1. The first-order valence-corrected chi connectivity index (χ1v) is 7.27. The van der Waals surface area contributed by atoms with Crippen LogP contribution in [0, 0.1) is 5.82 Å². The monoisotopic (exact) mass is 311 g/mol. The summed E-state index contributed by atoms with van der Waals surface area (Å²) in [4.78, 5) is 0. The Balaban J connectivity index is 2.28. The minimum absolute atomic E-state index is 0.0733. The molecular formula is C16H16Cl2FN. The van der Waals surface area contributed by atoms with Gasteiger partial charge in [-0.1, -0.05) is 42.3 Å². The molecule has 0 bridgehead atoms. The molecule has 0 amide bonds. The van der Waals surface area contributed by atoms with Crippen molar-refractivity contribution in [3.05, 3.63) is 63.4 Å². The average molecular weight is 312 g/mol. The summed E-state index contributed by atoms with van der Waals surface area (Å²) in [5, 5.41) is 3.84. The fourth-order valence-electron chi connectivity index (χ4n) is 2.14. The van der Waals surface area contributed by atoms with E-state index in [0.717, 1.165) is 12.1 Å². The molecule has 2 rings (SSSR count). The van der Waals surface area contributed by atoms with Gasteiger partial charge in [0.15, 0.2) is 0 Å². The van der Waals surface area contributed by atoms with Crippen molar-refractivity contribution in [2.45, 2.75) is 26.3 Å². The van der Waals surface area contributed by atoms with Gasteiger partial charge in [-0.25, -0.2) is 4.39 Å². The lowest BCUT2D eigenvalue weighted by Gasteiger charge is -2.19. The van der Waals surface area contributed by atoms with Gasteiger partial charge >= 0.3 is 0 Å². The molecule has 1 unspecified atom stereocenters. The van der Waals surface area contributed by atoms with Crippen molar-refractivity contribution in [1.29, 1.82) is 0 Å². The van der Waals surface area contributed by atoms with Crippen LogP contribution in [0.25, 0.3) is 0 Å². The van der Waals surface area contributed by atoms with E-state index in [1.54, 1.807) is 0 Å². The number of hydrogen-bond donors (Lipinski definition) is 1. The smallest absolute Gasteiger partial charge is 0.142 e. The molecule has 0 saturated carbocycles. The maximum atomic E-state index is 13.6. The maximum Gasteiger partial charge on any atom is 0.142 e. The van der Waals surface area contributed by atoms with Gasteiger partial charge in [-0.05, 0) is 43.2 Å². The Morgan fingerprint density at radius 1 is 1.20 bits per heavy atom. The number of aryl methyl sites for hydroxylation is 1. The van der Waals surface area contributed by atoms with Gasteiger partial charge in [-0.2, -0.15) is 0 Å². The number of benzene rings is 2. The lowest BCUT2D eigenvalue weighted by molar-refractivity contribution is 0.624. The fraction of sp³-hybridized carbons (Fsp3) is 0.250. The number of halogens is 3. The molecule has 2 aromatic carbocycles. The van der Waals surface area contributed by atoms with Crippen LogP contribution in [0.5, 0.6) is 0 Å². The second-order valence-electron chi connectivity index (χ2n) is 4.68. The summed E-state index contributed by atoms with van der Waals surface area (Å²) in [6.45, 7) is 4.01. The van der Waals surface area contributed by atoms with E-state index in [0.29, 0.717) is 10.6 Å². The molecule has 1 atom stereocenters. The van der Waals surface area contributed by atoms with Crippen LogP contribution in [0.4, 0.5) is 10.1 Å². The van der Waals surface area contributed by atoms with Crippen molar-refractivity contribution in [3.63, 3.8) is 0 Å². The van der Waals surface area contributed by atoms with Crippen molar-refractivity contribution < 1.29 is 4.39 Å². The van der Waals surface area contributed by atoms with Crippen molar-refractivity contribution in [2.75, 3.05) is 5.32 Å². The highest BCUT2D eigenvalue weighted by Gasteiger charge is 2.17. The Bertz CT molecular complexity index is 613. The lowest BCUT2D eigenvalue weighted by atomic mass is 10.1. The van der Waals surface area contributed by atoms with Gasteiger partial charge in [0.25, 0.3) is 0 Å². The molecule has 2 aromatic rings. The Hall–Kier alpha value is -1.25. The van der Waals surface area contributed by atoms with Crippen molar-refractivity contribution in [2.24, 2.45) is 0 Å². The number of rotatable bonds is 4. The molecule has 0 aliphatic rings. The van der Waals surface area contributed by atoms with E-state index in [4.69, 9.17) is 23.2 Å². The minimum Gasteiger partial charge on any atom is -0.378 e. The first-order chi connectivity index (χ1) is 9.52. The molecule has 0 aromatic heterocycles. The molecule has 0 aliphatic carbocycles. The van der Waals surface area contributed by atoms with E-state index in [9.17, 15) is 4.39 Å². The summed E-state index contributed by atoms with van der Waals surface area (Å²) < 4.78 is 13.6. The zero-order valence-corrected chi connectivity index (χ0v) is 12.9. The molecule has 1 N–H and O–H groups in total. The molecule has 1 nitrogen and oxygen atoms in total. The zero-order chi connectivity index (χ0) is 14.7. The average Bonchev–Trinajstić information content (AvgIpc) is 2.43.